The van der Waals surface area contributed by atoms with Crippen molar-refractivity contribution >= 4 is 35.9 Å². The molecule has 2 fully saturated rings. The van der Waals surface area contributed by atoms with Crippen molar-refractivity contribution in [3.8, 4) is 0 Å². The molecule has 2 aliphatic rings. The Balaban J connectivity index is 0.00000280. The number of nitrogens with zero attached hydrogens (tertiary/aromatic N) is 5. The third kappa shape index (κ3) is 7.32. The maximum Gasteiger partial charge on any atom is 0.225 e. The Bertz CT molecular complexity index is 563. The summed E-state index contributed by atoms with van der Waals surface area (Å²) in [5.41, 5.74) is 0. The molecule has 0 bridgehead atoms. The van der Waals surface area contributed by atoms with E-state index in [9.17, 15) is 0 Å². The molecule has 2 saturated heterocycles. The van der Waals surface area contributed by atoms with Crippen LogP contribution in [0.15, 0.2) is 23.5 Å². The molecule has 3 rings (SSSR count). The maximum absolute atomic E-state index is 5.93. The van der Waals surface area contributed by atoms with E-state index < -0.39 is 0 Å². The number of rotatable bonds is 7. The number of guanidine groups is 1. The minimum absolute atomic E-state index is 0. The molecule has 1 aromatic heterocycles. The number of aliphatic imine (C=N–C) groups is 1. The van der Waals surface area contributed by atoms with Gasteiger partial charge >= 0.3 is 0 Å². The molecule has 0 aliphatic carbocycles. The monoisotopic (exact) mass is 504 g/mol. The van der Waals surface area contributed by atoms with Gasteiger partial charge < -0.3 is 24.6 Å². The van der Waals surface area contributed by atoms with Gasteiger partial charge in [0.25, 0.3) is 0 Å². The van der Waals surface area contributed by atoms with Crippen LogP contribution in [0.1, 0.15) is 26.2 Å². The summed E-state index contributed by atoms with van der Waals surface area (Å²) in [6.07, 6.45) is 6.93. The molecule has 8 nitrogen and oxygen atoms in total. The van der Waals surface area contributed by atoms with Crippen LogP contribution in [0.25, 0.3) is 0 Å². The van der Waals surface area contributed by atoms with Gasteiger partial charge in [-0.3, -0.25) is 4.99 Å². The second kappa shape index (κ2) is 13.1. The summed E-state index contributed by atoms with van der Waals surface area (Å²) < 4.78 is 11.3. The zero-order chi connectivity index (χ0) is 18.7. The van der Waals surface area contributed by atoms with Gasteiger partial charge in [0.1, 0.15) is 0 Å². The summed E-state index contributed by atoms with van der Waals surface area (Å²) >= 11 is 0. The summed E-state index contributed by atoms with van der Waals surface area (Å²) in [5.74, 6) is 1.81. The van der Waals surface area contributed by atoms with Crippen molar-refractivity contribution in [2.45, 2.75) is 32.3 Å². The fraction of sp³-hybridized carbons (Fsp3) is 0.737. The van der Waals surface area contributed by atoms with Crippen LogP contribution in [0.5, 0.6) is 0 Å². The van der Waals surface area contributed by atoms with Crippen LogP contribution >= 0.6 is 24.0 Å². The van der Waals surface area contributed by atoms with Crippen LogP contribution in [0.4, 0.5) is 5.95 Å². The molecule has 0 amide bonds. The number of halogens is 1. The first kappa shape index (κ1) is 23.1. The average molecular weight is 504 g/mol. The van der Waals surface area contributed by atoms with Crippen molar-refractivity contribution in [3.05, 3.63) is 18.5 Å². The first-order chi connectivity index (χ1) is 13.4. The van der Waals surface area contributed by atoms with E-state index >= 15 is 0 Å². The van der Waals surface area contributed by atoms with Crippen molar-refractivity contribution in [2.75, 3.05) is 64.0 Å². The van der Waals surface area contributed by atoms with Gasteiger partial charge in [0, 0.05) is 71.5 Å². The van der Waals surface area contributed by atoms with Gasteiger partial charge in [0.05, 0.1) is 6.10 Å². The van der Waals surface area contributed by atoms with Crippen molar-refractivity contribution in [3.63, 3.8) is 0 Å². The van der Waals surface area contributed by atoms with Gasteiger partial charge in [-0.1, -0.05) is 0 Å². The molecule has 1 aromatic rings. The van der Waals surface area contributed by atoms with Crippen LogP contribution < -0.4 is 10.2 Å². The molecule has 2 aliphatic heterocycles. The van der Waals surface area contributed by atoms with E-state index in [-0.39, 0.29) is 24.0 Å². The number of ether oxygens (including phenoxy) is 2. The van der Waals surface area contributed by atoms with Crippen molar-refractivity contribution in [1.29, 1.82) is 0 Å². The summed E-state index contributed by atoms with van der Waals surface area (Å²) in [6.45, 7) is 9.84. The number of hydrogen-bond acceptors (Lipinski definition) is 6. The highest BCUT2D eigenvalue weighted by Gasteiger charge is 2.21. The minimum atomic E-state index is 0. The second-order valence-electron chi connectivity index (χ2n) is 6.79. The lowest BCUT2D eigenvalue weighted by Gasteiger charge is -2.36. The normalized spacial score (nSPS) is 18.7. The Morgan fingerprint density at radius 1 is 1.21 bits per heavy atom. The highest BCUT2D eigenvalue weighted by Crippen LogP contribution is 2.11. The van der Waals surface area contributed by atoms with E-state index in [0.29, 0.717) is 6.10 Å². The van der Waals surface area contributed by atoms with E-state index in [1.165, 1.54) is 0 Å². The lowest BCUT2D eigenvalue weighted by Crippen LogP contribution is -2.53. The molecule has 158 valence electrons. The van der Waals surface area contributed by atoms with Crippen LogP contribution in [0.2, 0.25) is 0 Å². The first-order valence-electron chi connectivity index (χ1n) is 10.1. The topological polar surface area (TPSA) is 75.1 Å². The van der Waals surface area contributed by atoms with Gasteiger partial charge in [-0.2, -0.15) is 0 Å². The summed E-state index contributed by atoms with van der Waals surface area (Å²) in [7, 11) is 0. The van der Waals surface area contributed by atoms with Crippen molar-refractivity contribution in [2.24, 2.45) is 4.99 Å². The first-order valence-corrected chi connectivity index (χ1v) is 10.1. The predicted molar refractivity (Wildman–Crippen MR) is 122 cm³/mol. The van der Waals surface area contributed by atoms with Crippen LogP contribution in [-0.4, -0.2) is 86.0 Å². The molecule has 28 heavy (non-hydrogen) atoms. The molecule has 1 N–H and O–H groups in total. The lowest BCUT2D eigenvalue weighted by molar-refractivity contribution is -0.0318. The SMILES string of the molecule is CCNC(=NCCCOC1CCOCC1)N1CCN(c2ncccn2)CC1.I. The van der Waals surface area contributed by atoms with E-state index in [4.69, 9.17) is 14.5 Å². The number of anilines is 1. The van der Waals surface area contributed by atoms with E-state index in [1.54, 1.807) is 12.4 Å². The quantitative estimate of drug-likeness (QED) is 0.263. The molecule has 0 saturated carbocycles. The van der Waals surface area contributed by atoms with Crippen LogP contribution in [0.3, 0.4) is 0 Å². The number of piperazine rings is 1. The molecular formula is C19H33IN6O2. The number of hydrogen-bond donors (Lipinski definition) is 1. The van der Waals surface area contributed by atoms with E-state index in [0.717, 1.165) is 90.3 Å². The lowest BCUT2D eigenvalue weighted by atomic mass is 10.1. The highest BCUT2D eigenvalue weighted by molar-refractivity contribution is 14.0. The number of aromatic nitrogens is 2. The molecule has 0 aromatic carbocycles. The summed E-state index contributed by atoms with van der Waals surface area (Å²) in [6, 6.07) is 1.85. The molecule has 0 unspecified atom stereocenters. The zero-order valence-electron chi connectivity index (χ0n) is 16.8. The molecule has 9 heteroatoms. The summed E-state index contributed by atoms with van der Waals surface area (Å²) in [5, 5.41) is 3.42. The van der Waals surface area contributed by atoms with E-state index in [2.05, 4.69) is 32.0 Å². The second-order valence-corrected chi connectivity index (χ2v) is 6.79. The average Bonchev–Trinajstić information content (AvgIpc) is 2.74. The van der Waals surface area contributed by atoms with Gasteiger partial charge in [-0.25, -0.2) is 9.97 Å². The minimum Gasteiger partial charge on any atom is -0.381 e. The molecule has 0 spiro atoms. The van der Waals surface area contributed by atoms with Gasteiger partial charge in [0.15, 0.2) is 5.96 Å². The smallest absolute Gasteiger partial charge is 0.225 e. The Morgan fingerprint density at radius 3 is 2.61 bits per heavy atom. The molecule has 3 heterocycles. The Labute approximate surface area is 185 Å². The highest BCUT2D eigenvalue weighted by atomic mass is 127. The largest absolute Gasteiger partial charge is 0.381 e. The summed E-state index contributed by atoms with van der Waals surface area (Å²) in [4.78, 5) is 18.0. The Morgan fingerprint density at radius 2 is 1.93 bits per heavy atom. The van der Waals surface area contributed by atoms with Gasteiger partial charge in [-0.15, -0.1) is 24.0 Å². The molecule has 0 radical (unpaired) electrons. The molecular weight excluding hydrogens is 471 g/mol. The third-order valence-electron chi connectivity index (χ3n) is 4.83. The van der Waals surface area contributed by atoms with Crippen LogP contribution in [-0.2, 0) is 9.47 Å². The number of nitrogens with one attached hydrogen (secondary N) is 1. The Kier molecular flexibility index (Phi) is 10.8. The fourth-order valence-electron chi connectivity index (χ4n) is 3.34. The Hall–Kier alpha value is -1.20. The van der Waals surface area contributed by atoms with E-state index in [1.807, 2.05) is 6.07 Å². The van der Waals surface area contributed by atoms with Crippen molar-refractivity contribution < 1.29 is 9.47 Å². The molecule has 0 atom stereocenters. The standard InChI is InChI=1S/C19H32N6O2.HI/c1-2-20-18(23-9-4-14-27-17-5-15-26-16-6-17)24-10-12-25(13-11-24)19-21-7-3-8-22-19;/h3,7-8,17H,2,4-6,9-16H2,1H3,(H,20,23);1H. The van der Waals surface area contributed by atoms with Crippen LogP contribution in [0, 0.1) is 0 Å². The zero-order valence-corrected chi connectivity index (χ0v) is 19.1. The maximum atomic E-state index is 5.93. The predicted octanol–water partition coefficient (Wildman–Crippen LogP) is 1.77. The fourth-order valence-corrected chi connectivity index (χ4v) is 3.34. The van der Waals surface area contributed by atoms with Gasteiger partial charge in [0.2, 0.25) is 5.95 Å². The third-order valence-corrected chi connectivity index (χ3v) is 4.83. The van der Waals surface area contributed by atoms with Crippen molar-refractivity contribution in [1.82, 2.24) is 20.2 Å². The van der Waals surface area contributed by atoms with Gasteiger partial charge in [-0.05, 0) is 32.3 Å².